The number of carbonyl (C=O) groups is 2. The second-order valence-electron chi connectivity index (χ2n) is 9.48. The van der Waals surface area contributed by atoms with Gasteiger partial charge in [-0.3, -0.25) is 4.79 Å². The largest absolute Gasteiger partial charge is 0.493 e. The highest BCUT2D eigenvalue weighted by Gasteiger charge is 2.42. The molecule has 0 aromatic heterocycles. The number of unbranched alkanes of at least 4 members (excludes halogenated alkanes) is 1. The van der Waals surface area contributed by atoms with E-state index in [0.717, 1.165) is 40.9 Å². The summed E-state index contributed by atoms with van der Waals surface area (Å²) in [5.74, 6) is 0.530. The Hall–Kier alpha value is -3.54. The molecular weight excluding hydrogens is 454 g/mol. The van der Waals surface area contributed by atoms with Crippen molar-refractivity contribution >= 4 is 11.8 Å². The monoisotopic (exact) mass is 489 g/mol. The fourth-order valence-corrected chi connectivity index (χ4v) is 5.26. The van der Waals surface area contributed by atoms with E-state index in [1.165, 1.54) is 0 Å². The van der Waals surface area contributed by atoms with Crippen LogP contribution in [0.1, 0.15) is 68.1 Å². The van der Waals surface area contributed by atoms with Crippen molar-refractivity contribution in [2.75, 3.05) is 20.8 Å². The number of Topliss-reactive ketones (excluding diaryl/α,β-unsaturated/α-hetero) is 1. The molecule has 1 N–H and O–H groups in total. The number of dihydropyridines is 1. The first-order chi connectivity index (χ1) is 17.4. The third-order valence-corrected chi connectivity index (χ3v) is 7.16. The molecule has 1 aliphatic heterocycles. The normalized spacial score (nSPS) is 19.5. The number of rotatable bonds is 8. The van der Waals surface area contributed by atoms with Crippen molar-refractivity contribution in [1.82, 2.24) is 5.32 Å². The van der Waals surface area contributed by atoms with Crippen molar-refractivity contribution in [3.63, 3.8) is 0 Å². The molecule has 0 amide bonds. The summed E-state index contributed by atoms with van der Waals surface area (Å²) >= 11 is 0. The summed E-state index contributed by atoms with van der Waals surface area (Å²) in [5, 5.41) is 3.42. The van der Waals surface area contributed by atoms with Crippen molar-refractivity contribution < 1.29 is 23.8 Å². The fourth-order valence-electron chi connectivity index (χ4n) is 5.26. The maximum absolute atomic E-state index is 13.8. The minimum absolute atomic E-state index is 0.00747. The quantitative estimate of drug-likeness (QED) is 0.378. The molecule has 6 nitrogen and oxygen atoms in total. The van der Waals surface area contributed by atoms with Crippen LogP contribution >= 0.6 is 0 Å². The van der Waals surface area contributed by atoms with E-state index in [4.69, 9.17) is 14.2 Å². The minimum Gasteiger partial charge on any atom is -0.493 e. The van der Waals surface area contributed by atoms with Gasteiger partial charge in [0.15, 0.2) is 17.3 Å². The van der Waals surface area contributed by atoms with Crippen LogP contribution < -0.4 is 14.8 Å². The van der Waals surface area contributed by atoms with Crippen LogP contribution in [0.3, 0.4) is 0 Å². The predicted octanol–water partition coefficient (Wildman–Crippen LogP) is 5.72. The minimum atomic E-state index is -0.449. The Balaban J connectivity index is 1.75. The molecule has 4 rings (SSSR count). The topological polar surface area (TPSA) is 73.9 Å². The van der Waals surface area contributed by atoms with Crippen molar-refractivity contribution in [1.29, 1.82) is 0 Å². The summed E-state index contributed by atoms with van der Waals surface area (Å²) in [7, 11) is 3.22. The van der Waals surface area contributed by atoms with E-state index < -0.39 is 5.92 Å². The van der Waals surface area contributed by atoms with Gasteiger partial charge in [0.25, 0.3) is 0 Å². The molecule has 36 heavy (non-hydrogen) atoms. The molecule has 0 radical (unpaired) electrons. The van der Waals surface area contributed by atoms with Crippen LogP contribution in [-0.4, -0.2) is 32.6 Å². The Bertz CT molecular complexity index is 1230. The van der Waals surface area contributed by atoms with E-state index in [1.54, 1.807) is 14.2 Å². The Kier molecular flexibility index (Phi) is 7.82. The molecule has 2 atom stereocenters. The molecular formula is C30H35NO5. The van der Waals surface area contributed by atoms with Crippen LogP contribution in [0.15, 0.2) is 65.0 Å². The van der Waals surface area contributed by atoms with E-state index in [0.29, 0.717) is 42.1 Å². The number of ether oxygens (including phenoxy) is 3. The zero-order chi connectivity index (χ0) is 25.8. The number of nitrogens with one attached hydrogen (secondary N) is 1. The van der Waals surface area contributed by atoms with Gasteiger partial charge in [0.1, 0.15) is 0 Å². The van der Waals surface area contributed by atoms with Gasteiger partial charge in [-0.15, -0.1) is 0 Å². The highest BCUT2D eigenvalue weighted by atomic mass is 16.5. The summed E-state index contributed by atoms with van der Waals surface area (Å²) in [6.07, 6.45) is 2.76. The lowest BCUT2D eigenvalue weighted by molar-refractivity contribution is -0.139. The zero-order valence-corrected chi connectivity index (χ0v) is 21.8. The standard InChI is InChI=1S/C30H35NO5/c1-6-7-14-36-30(33)27-19(3)31-23-15-21(20-12-13-25(34-4)26(17-20)35-5)16-24(32)29(23)28(27)22-11-9-8-10-18(22)2/h8-13,17,21,28,31H,6-7,14-16H2,1-5H3/t21-,28-/m1/s1. The van der Waals surface area contributed by atoms with Crippen LogP contribution in [-0.2, 0) is 14.3 Å². The summed E-state index contributed by atoms with van der Waals surface area (Å²) in [4.78, 5) is 27.1. The number of methoxy groups -OCH3 is 2. The van der Waals surface area contributed by atoms with Crippen LogP contribution in [0.4, 0.5) is 0 Å². The first-order valence-corrected chi connectivity index (χ1v) is 12.6. The van der Waals surface area contributed by atoms with Gasteiger partial charge in [-0.2, -0.15) is 0 Å². The van der Waals surface area contributed by atoms with Crippen LogP contribution in [0.5, 0.6) is 11.5 Å². The number of ketones is 1. The third-order valence-electron chi connectivity index (χ3n) is 7.16. The molecule has 0 unspecified atom stereocenters. The number of esters is 1. The van der Waals surface area contributed by atoms with Crippen molar-refractivity contribution in [2.45, 2.75) is 58.3 Å². The second kappa shape index (κ2) is 11.0. The molecule has 1 aliphatic carbocycles. The van der Waals surface area contributed by atoms with Gasteiger partial charge in [-0.05, 0) is 61.4 Å². The number of hydrogen-bond acceptors (Lipinski definition) is 6. The first-order valence-electron chi connectivity index (χ1n) is 12.6. The third kappa shape index (κ3) is 4.90. The molecule has 0 spiro atoms. The van der Waals surface area contributed by atoms with Crippen molar-refractivity contribution in [3.05, 3.63) is 81.7 Å². The zero-order valence-electron chi connectivity index (χ0n) is 21.8. The smallest absolute Gasteiger partial charge is 0.336 e. The van der Waals surface area contributed by atoms with Gasteiger partial charge in [-0.1, -0.05) is 43.7 Å². The van der Waals surface area contributed by atoms with Gasteiger partial charge >= 0.3 is 5.97 Å². The Morgan fingerprint density at radius 2 is 1.78 bits per heavy atom. The predicted molar refractivity (Wildman–Crippen MR) is 139 cm³/mol. The van der Waals surface area contributed by atoms with Crippen molar-refractivity contribution in [2.24, 2.45) is 0 Å². The van der Waals surface area contributed by atoms with Crippen LogP contribution in [0.2, 0.25) is 0 Å². The van der Waals surface area contributed by atoms with Gasteiger partial charge in [0.2, 0.25) is 0 Å². The molecule has 2 aliphatic rings. The van der Waals surface area contributed by atoms with Gasteiger partial charge in [0, 0.05) is 29.3 Å². The van der Waals surface area contributed by atoms with Crippen LogP contribution in [0.25, 0.3) is 0 Å². The van der Waals surface area contributed by atoms with Crippen molar-refractivity contribution in [3.8, 4) is 11.5 Å². The fraction of sp³-hybridized carbons (Fsp3) is 0.400. The first kappa shape index (κ1) is 25.5. The Morgan fingerprint density at radius 1 is 1.03 bits per heavy atom. The molecule has 0 saturated carbocycles. The Morgan fingerprint density at radius 3 is 2.47 bits per heavy atom. The number of hydrogen-bond donors (Lipinski definition) is 1. The van der Waals surface area contributed by atoms with E-state index in [2.05, 4.69) is 12.2 Å². The average Bonchev–Trinajstić information content (AvgIpc) is 2.87. The molecule has 6 heteroatoms. The lowest BCUT2D eigenvalue weighted by Crippen LogP contribution is -2.36. The van der Waals surface area contributed by atoms with E-state index in [1.807, 2.05) is 56.3 Å². The summed E-state index contributed by atoms with van der Waals surface area (Å²) in [5.41, 5.74) is 5.84. The van der Waals surface area contributed by atoms with E-state index >= 15 is 0 Å². The number of allylic oxidation sites excluding steroid dienone is 3. The van der Waals surface area contributed by atoms with Gasteiger partial charge in [-0.25, -0.2) is 4.79 Å². The highest BCUT2D eigenvalue weighted by molar-refractivity contribution is 6.04. The maximum Gasteiger partial charge on any atom is 0.336 e. The maximum atomic E-state index is 13.8. The number of carbonyl (C=O) groups excluding carboxylic acids is 2. The van der Waals surface area contributed by atoms with Gasteiger partial charge < -0.3 is 19.5 Å². The summed E-state index contributed by atoms with van der Waals surface area (Å²) < 4.78 is 16.5. The number of aryl methyl sites for hydroxylation is 1. The van der Waals surface area contributed by atoms with E-state index in [9.17, 15) is 9.59 Å². The summed E-state index contributed by atoms with van der Waals surface area (Å²) in [6.45, 7) is 6.35. The molecule has 2 aromatic carbocycles. The molecule has 0 bridgehead atoms. The Labute approximate surface area is 213 Å². The SMILES string of the molecule is CCCCOC(=O)C1=C(C)NC2=C(C(=O)C[C@H](c3ccc(OC)c(OC)c3)C2)[C@@H]1c1ccccc1C. The highest BCUT2D eigenvalue weighted by Crippen LogP contribution is 2.47. The number of benzene rings is 2. The lowest BCUT2D eigenvalue weighted by atomic mass is 9.71. The second-order valence-corrected chi connectivity index (χ2v) is 9.48. The molecule has 0 saturated heterocycles. The van der Waals surface area contributed by atoms with Gasteiger partial charge in [0.05, 0.1) is 26.4 Å². The average molecular weight is 490 g/mol. The summed E-state index contributed by atoms with van der Waals surface area (Å²) in [6, 6.07) is 13.8. The molecule has 1 heterocycles. The lowest BCUT2D eigenvalue weighted by Gasteiger charge is -2.37. The molecule has 2 aromatic rings. The van der Waals surface area contributed by atoms with E-state index in [-0.39, 0.29) is 17.7 Å². The molecule has 0 fully saturated rings. The molecule has 190 valence electrons. The van der Waals surface area contributed by atoms with Crippen LogP contribution in [0, 0.1) is 6.92 Å².